The number of carbonyl (C=O) groups is 1. The van der Waals surface area contributed by atoms with Crippen LogP contribution in [0.1, 0.15) is 53.4 Å². The van der Waals surface area contributed by atoms with Gasteiger partial charge in [0.25, 0.3) is 0 Å². The molecular weight excluding hydrogens is 453 g/mol. The third-order valence-electron chi connectivity index (χ3n) is 5.22. The van der Waals surface area contributed by atoms with Crippen LogP contribution in [0.15, 0.2) is 60.8 Å². The summed E-state index contributed by atoms with van der Waals surface area (Å²) in [6.45, 7) is 7.51. The van der Waals surface area contributed by atoms with Gasteiger partial charge in [0.2, 0.25) is 12.2 Å². The Morgan fingerprint density at radius 1 is 1.00 bits per heavy atom. The maximum atomic E-state index is 12.7. The largest absolute Gasteiger partial charge is 0.416 e. The zero-order valence-corrected chi connectivity index (χ0v) is 19.8. The van der Waals surface area contributed by atoms with Crippen LogP contribution < -0.4 is 5.32 Å². The van der Waals surface area contributed by atoms with E-state index in [0.29, 0.717) is 12.2 Å². The van der Waals surface area contributed by atoms with E-state index in [4.69, 9.17) is 0 Å². The lowest BCUT2D eigenvalue weighted by Crippen LogP contribution is -2.11. The Hall–Kier alpha value is -4.12. The first-order chi connectivity index (χ1) is 16.6. The molecule has 2 aromatic carbocycles. The van der Waals surface area contributed by atoms with Gasteiger partial charge in [-0.3, -0.25) is 9.20 Å². The molecule has 1 amide bonds. The molecular formula is C27H25F3N4O. The molecule has 35 heavy (non-hydrogen) atoms. The Kier molecular flexibility index (Phi) is 7.92. The number of amides is 1. The number of nitrogens with zero attached hydrogens (tertiary/aromatic N) is 3. The number of aromatic nitrogens is 3. The second-order valence-electron chi connectivity index (χ2n) is 8.24. The first kappa shape index (κ1) is 25.5. The molecule has 2 aromatic heterocycles. The van der Waals surface area contributed by atoms with Gasteiger partial charge in [-0.25, -0.2) is 0 Å². The van der Waals surface area contributed by atoms with Crippen LogP contribution in [-0.2, 0) is 11.0 Å². The van der Waals surface area contributed by atoms with E-state index in [9.17, 15) is 18.0 Å². The molecule has 0 atom stereocenters. The predicted molar refractivity (Wildman–Crippen MR) is 130 cm³/mol. The molecule has 180 valence electrons. The van der Waals surface area contributed by atoms with Crippen molar-refractivity contribution in [2.45, 2.75) is 39.8 Å². The summed E-state index contributed by atoms with van der Waals surface area (Å²) in [5.41, 5.74) is 3.90. The van der Waals surface area contributed by atoms with Crippen LogP contribution in [0, 0.1) is 25.7 Å². The Bertz CT molecular complexity index is 1400. The number of benzene rings is 2. The molecule has 0 bridgehead atoms. The van der Waals surface area contributed by atoms with E-state index >= 15 is 0 Å². The van der Waals surface area contributed by atoms with Crippen molar-refractivity contribution in [2.75, 3.05) is 5.32 Å². The van der Waals surface area contributed by atoms with Crippen LogP contribution in [0.5, 0.6) is 0 Å². The average molecular weight is 479 g/mol. The number of carbonyl (C=O) groups excluding carboxylic acids is 1. The van der Waals surface area contributed by atoms with Gasteiger partial charge in [0.1, 0.15) is 0 Å². The van der Waals surface area contributed by atoms with Gasteiger partial charge in [-0.15, -0.1) is 10.2 Å². The average Bonchev–Trinajstić information content (AvgIpc) is 3.23. The van der Waals surface area contributed by atoms with E-state index in [-0.39, 0.29) is 17.2 Å². The molecule has 1 N–H and O–H groups in total. The maximum Gasteiger partial charge on any atom is 0.416 e. The number of pyridine rings is 1. The zero-order valence-electron chi connectivity index (χ0n) is 19.8. The summed E-state index contributed by atoms with van der Waals surface area (Å²) in [7, 11) is 0. The van der Waals surface area contributed by atoms with Crippen LogP contribution in [0.2, 0.25) is 0 Å². The number of hydrogen-bond donors (Lipinski definition) is 1. The second-order valence-corrected chi connectivity index (χ2v) is 8.24. The topological polar surface area (TPSA) is 59.3 Å². The lowest BCUT2D eigenvalue weighted by atomic mass is 9.96. The minimum Gasteiger partial charge on any atom is -0.329 e. The molecule has 4 aromatic rings. The normalized spacial score (nSPS) is 10.9. The number of fused-ring (bicyclic) bond motifs is 1. The van der Waals surface area contributed by atoms with Gasteiger partial charge in [0.05, 0.1) is 5.56 Å². The quantitative estimate of drug-likeness (QED) is 0.284. The monoisotopic (exact) mass is 478 g/mol. The summed E-state index contributed by atoms with van der Waals surface area (Å²) in [6, 6.07) is 15.9. The van der Waals surface area contributed by atoms with E-state index in [0.717, 1.165) is 17.3 Å². The molecule has 8 heteroatoms. The molecule has 0 fully saturated rings. The highest BCUT2D eigenvalue weighted by Crippen LogP contribution is 2.36. The summed E-state index contributed by atoms with van der Waals surface area (Å²) < 4.78 is 40.0. The van der Waals surface area contributed by atoms with Gasteiger partial charge in [0, 0.05) is 17.4 Å². The number of aryl methyl sites for hydroxylation is 2. The van der Waals surface area contributed by atoms with Gasteiger partial charge in [-0.05, 0) is 72.7 Å². The smallest absolute Gasteiger partial charge is 0.329 e. The van der Waals surface area contributed by atoms with Crippen LogP contribution in [0.25, 0.3) is 5.65 Å². The third-order valence-corrected chi connectivity index (χ3v) is 5.22. The summed E-state index contributed by atoms with van der Waals surface area (Å²) in [6.07, 6.45) is -2.13. The van der Waals surface area contributed by atoms with Gasteiger partial charge in [-0.2, -0.15) is 13.2 Å². The number of anilines is 1. The SMILES string of the molecule is CC(C)c1ccc(NC=O)cc1C(F)(F)F.Cc1ccc(C)c(C#Cc2nnc3ccccn23)c1. The van der Waals surface area contributed by atoms with E-state index < -0.39 is 11.7 Å². The molecule has 0 saturated carbocycles. The van der Waals surface area contributed by atoms with Crippen molar-refractivity contribution in [1.82, 2.24) is 14.6 Å². The minimum atomic E-state index is -4.40. The van der Waals surface area contributed by atoms with Crippen molar-refractivity contribution < 1.29 is 18.0 Å². The van der Waals surface area contributed by atoms with Crippen molar-refractivity contribution in [1.29, 1.82) is 0 Å². The molecule has 0 aliphatic heterocycles. The molecule has 0 aliphatic rings. The van der Waals surface area contributed by atoms with Crippen molar-refractivity contribution in [2.24, 2.45) is 0 Å². The second kappa shape index (κ2) is 10.9. The van der Waals surface area contributed by atoms with Crippen molar-refractivity contribution in [3.8, 4) is 11.8 Å². The Morgan fingerprint density at radius 3 is 2.46 bits per heavy atom. The highest BCUT2D eigenvalue weighted by molar-refractivity contribution is 5.71. The van der Waals surface area contributed by atoms with Crippen LogP contribution >= 0.6 is 0 Å². The highest BCUT2D eigenvalue weighted by atomic mass is 19.4. The molecule has 0 radical (unpaired) electrons. The fraction of sp³-hybridized carbons (Fsp3) is 0.222. The van der Waals surface area contributed by atoms with E-state index in [1.807, 2.05) is 28.8 Å². The third kappa shape index (κ3) is 6.48. The summed E-state index contributed by atoms with van der Waals surface area (Å²) >= 11 is 0. The van der Waals surface area contributed by atoms with Gasteiger partial charge < -0.3 is 5.32 Å². The van der Waals surface area contributed by atoms with Gasteiger partial charge in [-0.1, -0.05) is 44.0 Å². The number of hydrogen-bond acceptors (Lipinski definition) is 3. The summed E-state index contributed by atoms with van der Waals surface area (Å²) in [5, 5.41) is 10.4. The lowest BCUT2D eigenvalue weighted by Gasteiger charge is -2.16. The molecule has 2 heterocycles. The number of nitrogens with one attached hydrogen (secondary N) is 1. The van der Waals surface area contributed by atoms with Crippen molar-refractivity contribution in [3.63, 3.8) is 0 Å². The molecule has 0 aliphatic carbocycles. The summed E-state index contributed by atoms with van der Waals surface area (Å²) in [4.78, 5) is 10.2. The standard InChI is InChI=1S/C16H13N3.C11H12F3NO/c1-12-6-7-13(2)14(11-12)8-9-16-18-17-15-5-3-4-10-19(15)16;1-7(2)9-4-3-8(15-6-16)5-10(9)11(12,13)14/h3-7,10-11H,1-2H3;3-7H,1-2H3,(H,15,16). The molecule has 0 saturated heterocycles. The van der Waals surface area contributed by atoms with Gasteiger partial charge >= 0.3 is 6.18 Å². The Morgan fingerprint density at radius 2 is 1.77 bits per heavy atom. The molecule has 0 spiro atoms. The van der Waals surface area contributed by atoms with Crippen molar-refractivity contribution >= 4 is 17.7 Å². The van der Waals surface area contributed by atoms with Crippen LogP contribution in [-0.4, -0.2) is 21.0 Å². The summed E-state index contributed by atoms with van der Waals surface area (Å²) in [5.74, 6) is 6.71. The van der Waals surface area contributed by atoms with Gasteiger partial charge in [0.15, 0.2) is 5.65 Å². The fourth-order valence-electron chi connectivity index (χ4n) is 3.38. The van der Waals surface area contributed by atoms with E-state index in [1.165, 1.54) is 23.3 Å². The number of alkyl halides is 3. The zero-order chi connectivity index (χ0) is 25.6. The minimum absolute atomic E-state index is 0.145. The van der Waals surface area contributed by atoms with Crippen LogP contribution in [0.3, 0.4) is 0 Å². The predicted octanol–water partition coefficient (Wildman–Crippen LogP) is 6.14. The maximum absolute atomic E-state index is 12.7. The van der Waals surface area contributed by atoms with E-state index in [1.54, 1.807) is 13.8 Å². The molecule has 0 unspecified atom stereocenters. The molecule has 5 nitrogen and oxygen atoms in total. The fourth-order valence-corrected chi connectivity index (χ4v) is 3.38. The Labute approximate surface area is 202 Å². The number of halogens is 3. The van der Waals surface area contributed by atoms with E-state index in [2.05, 4.69) is 59.4 Å². The first-order valence-electron chi connectivity index (χ1n) is 10.9. The van der Waals surface area contributed by atoms with Crippen molar-refractivity contribution in [3.05, 3.63) is 94.4 Å². The lowest BCUT2D eigenvalue weighted by molar-refractivity contribution is -0.138. The highest BCUT2D eigenvalue weighted by Gasteiger charge is 2.34. The molecule has 4 rings (SSSR count). The number of rotatable bonds is 3. The first-order valence-corrected chi connectivity index (χ1v) is 10.9. The Balaban J connectivity index is 0.000000199. The van der Waals surface area contributed by atoms with Crippen LogP contribution in [0.4, 0.5) is 18.9 Å².